The summed E-state index contributed by atoms with van der Waals surface area (Å²) >= 11 is 5.40. The Balaban J connectivity index is 3.89. The molecule has 0 aromatic heterocycles. The van der Waals surface area contributed by atoms with Crippen molar-refractivity contribution >= 4 is 23.5 Å². The Morgan fingerprint density at radius 1 is 1.50 bits per heavy atom. The van der Waals surface area contributed by atoms with Gasteiger partial charge in [0, 0.05) is 18.3 Å². The van der Waals surface area contributed by atoms with E-state index < -0.39 is 0 Å². The zero-order chi connectivity index (χ0) is 11.0. The van der Waals surface area contributed by atoms with Gasteiger partial charge >= 0.3 is 5.97 Å². The van der Waals surface area contributed by atoms with Crippen molar-refractivity contribution in [1.82, 2.24) is 5.32 Å². The number of methoxy groups -OCH3 is 1. The van der Waals surface area contributed by atoms with Gasteiger partial charge in [0.25, 0.3) is 0 Å². The molecule has 0 aliphatic carbocycles. The van der Waals surface area contributed by atoms with Crippen LogP contribution in [-0.2, 0) is 14.3 Å². The van der Waals surface area contributed by atoms with Crippen LogP contribution in [0.15, 0.2) is 0 Å². The molecule has 14 heavy (non-hydrogen) atoms. The Bertz CT molecular complexity index is 196. The van der Waals surface area contributed by atoms with Gasteiger partial charge in [-0.15, -0.1) is 11.6 Å². The van der Waals surface area contributed by atoms with E-state index in [1.54, 1.807) is 0 Å². The molecule has 0 heterocycles. The van der Waals surface area contributed by atoms with Gasteiger partial charge in [0.2, 0.25) is 5.91 Å². The van der Waals surface area contributed by atoms with Gasteiger partial charge in [0.1, 0.15) is 0 Å². The number of amides is 1. The maximum atomic E-state index is 11.1. The molecule has 0 aromatic rings. The number of ether oxygens (including phenoxy) is 1. The Hall–Kier alpha value is -0.770. The number of carbonyl (C=O) groups is 2. The SMILES string of the molecule is CCC(CC(=O)OC)NC(=O)CCCl. The largest absolute Gasteiger partial charge is 0.469 e. The number of hydrogen-bond donors (Lipinski definition) is 1. The number of halogens is 1. The van der Waals surface area contributed by atoms with Gasteiger partial charge < -0.3 is 10.1 Å². The fraction of sp³-hybridized carbons (Fsp3) is 0.778. The van der Waals surface area contributed by atoms with E-state index in [2.05, 4.69) is 10.1 Å². The van der Waals surface area contributed by atoms with E-state index in [1.165, 1.54) is 7.11 Å². The van der Waals surface area contributed by atoms with Crippen LogP contribution in [0.4, 0.5) is 0 Å². The molecule has 0 aromatic carbocycles. The first-order valence-corrected chi connectivity index (χ1v) is 5.09. The second kappa shape index (κ2) is 7.62. The molecule has 0 fully saturated rings. The molecule has 0 radical (unpaired) electrons. The molecule has 0 saturated carbocycles. The summed E-state index contributed by atoms with van der Waals surface area (Å²) in [6, 6.07) is -0.154. The van der Waals surface area contributed by atoms with E-state index in [-0.39, 0.29) is 30.8 Å². The minimum Gasteiger partial charge on any atom is -0.469 e. The highest BCUT2D eigenvalue weighted by Gasteiger charge is 2.14. The third-order valence-corrected chi connectivity index (χ3v) is 2.01. The first kappa shape index (κ1) is 13.2. The molecule has 4 nitrogen and oxygen atoms in total. The molecule has 0 spiro atoms. The number of nitrogens with one attached hydrogen (secondary N) is 1. The zero-order valence-corrected chi connectivity index (χ0v) is 9.26. The Morgan fingerprint density at radius 2 is 2.14 bits per heavy atom. The molecule has 5 heteroatoms. The van der Waals surface area contributed by atoms with Crippen molar-refractivity contribution in [3.05, 3.63) is 0 Å². The summed E-state index contributed by atoms with van der Waals surface area (Å²) in [6.07, 6.45) is 1.18. The Labute approximate surface area is 88.9 Å². The van der Waals surface area contributed by atoms with Gasteiger partial charge in [-0.2, -0.15) is 0 Å². The molecule has 0 aliphatic rings. The highest BCUT2D eigenvalue weighted by Crippen LogP contribution is 2.00. The lowest BCUT2D eigenvalue weighted by Crippen LogP contribution is -2.36. The minimum absolute atomic E-state index is 0.129. The lowest BCUT2D eigenvalue weighted by molar-refractivity contribution is -0.141. The van der Waals surface area contributed by atoms with Crippen LogP contribution in [0, 0.1) is 0 Å². The summed E-state index contributed by atoms with van der Waals surface area (Å²) in [7, 11) is 1.33. The maximum absolute atomic E-state index is 11.1. The molecule has 0 rings (SSSR count). The van der Waals surface area contributed by atoms with E-state index in [0.717, 1.165) is 0 Å². The van der Waals surface area contributed by atoms with Crippen LogP contribution in [0.2, 0.25) is 0 Å². The average Bonchev–Trinajstić information content (AvgIpc) is 2.16. The quantitative estimate of drug-likeness (QED) is 0.539. The van der Waals surface area contributed by atoms with Crippen molar-refractivity contribution in [3.8, 4) is 0 Å². The van der Waals surface area contributed by atoms with Crippen molar-refractivity contribution in [2.45, 2.75) is 32.2 Å². The number of rotatable bonds is 6. The monoisotopic (exact) mass is 221 g/mol. The normalized spacial score (nSPS) is 11.9. The Kier molecular flexibility index (Phi) is 7.20. The lowest BCUT2D eigenvalue weighted by atomic mass is 10.1. The predicted molar refractivity (Wildman–Crippen MR) is 54.2 cm³/mol. The topological polar surface area (TPSA) is 55.4 Å². The van der Waals surface area contributed by atoms with Gasteiger partial charge in [0.15, 0.2) is 0 Å². The summed E-state index contributed by atoms with van der Waals surface area (Å²) in [6.45, 7) is 1.90. The second-order valence-corrected chi connectivity index (χ2v) is 3.27. The summed E-state index contributed by atoms with van der Waals surface area (Å²) < 4.78 is 4.51. The first-order valence-electron chi connectivity index (χ1n) is 4.56. The minimum atomic E-state index is -0.317. The highest BCUT2D eigenvalue weighted by atomic mass is 35.5. The third kappa shape index (κ3) is 5.80. The molecule has 1 amide bonds. The standard InChI is InChI=1S/C9H16ClNO3/c1-3-7(6-9(13)14-2)11-8(12)4-5-10/h7H,3-6H2,1-2H3,(H,11,12). The van der Waals surface area contributed by atoms with Crippen molar-refractivity contribution in [2.24, 2.45) is 0 Å². The van der Waals surface area contributed by atoms with E-state index in [1.807, 2.05) is 6.92 Å². The summed E-state index contributed by atoms with van der Waals surface area (Å²) in [5.41, 5.74) is 0. The Morgan fingerprint density at radius 3 is 2.57 bits per heavy atom. The van der Waals surface area contributed by atoms with Crippen molar-refractivity contribution in [1.29, 1.82) is 0 Å². The molecular weight excluding hydrogens is 206 g/mol. The van der Waals surface area contributed by atoms with E-state index >= 15 is 0 Å². The van der Waals surface area contributed by atoms with Gasteiger partial charge in [-0.1, -0.05) is 6.92 Å². The highest BCUT2D eigenvalue weighted by molar-refractivity contribution is 6.18. The first-order chi connectivity index (χ1) is 6.63. The molecule has 1 unspecified atom stereocenters. The maximum Gasteiger partial charge on any atom is 0.307 e. The van der Waals surface area contributed by atoms with Crippen LogP contribution in [0.3, 0.4) is 0 Å². The van der Waals surface area contributed by atoms with Crippen LogP contribution in [0.1, 0.15) is 26.2 Å². The number of esters is 1. The molecule has 1 atom stereocenters. The van der Waals surface area contributed by atoms with Crippen LogP contribution in [-0.4, -0.2) is 30.9 Å². The number of alkyl halides is 1. The van der Waals surface area contributed by atoms with E-state index in [0.29, 0.717) is 12.3 Å². The van der Waals surface area contributed by atoms with Crippen molar-refractivity contribution in [3.63, 3.8) is 0 Å². The number of carbonyl (C=O) groups excluding carboxylic acids is 2. The van der Waals surface area contributed by atoms with Crippen LogP contribution in [0.5, 0.6) is 0 Å². The predicted octanol–water partition coefficient (Wildman–Crippen LogP) is 1.07. The zero-order valence-electron chi connectivity index (χ0n) is 8.51. The van der Waals surface area contributed by atoms with Crippen LogP contribution in [0.25, 0.3) is 0 Å². The molecule has 82 valence electrons. The summed E-state index contributed by atoms with van der Waals surface area (Å²) in [5, 5.41) is 2.71. The fourth-order valence-corrected chi connectivity index (χ4v) is 1.14. The second-order valence-electron chi connectivity index (χ2n) is 2.89. The fourth-order valence-electron chi connectivity index (χ4n) is 0.968. The van der Waals surface area contributed by atoms with E-state index in [9.17, 15) is 9.59 Å². The summed E-state index contributed by atoms with van der Waals surface area (Å²) in [4.78, 5) is 22.1. The van der Waals surface area contributed by atoms with Crippen molar-refractivity contribution < 1.29 is 14.3 Å². The third-order valence-electron chi connectivity index (χ3n) is 1.82. The van der Waals surface area contributed by atoms with Gasteiger partial charge in [0.05, 0.1) is 13.5 Å². The molecule has 0 saturated heterocycles. The van der Waals surface area contributed by atoms with Gasteiger partial charge in [-0.25, -0.2) is 0 Å². The smallest absolute Gasteiger partial charge is 0.307 e. The molecule has 1 N–H and O–H groups in total. The van der Waals surface area contributed by atoms with Crippen molar-refractivity contribution in [2.75, 3.05) is 13.0 Å². The lowest BCUT2D eigenvalue weighted by Gasteiger charge is -2.14. The van der Waals surface area contributed by atoms with Gasteiger partial charge in [-0.3, -0.25) is 9.59 Å². The van der Waals surface area contributed by atoms with Gasteiger partial charge in [-0.05, 0) is 6.42 Å². The van der Waals surface area contributed by atoms with Crippen LogP contribution < -0.4 is 5.32 Å². The molecule has 0 aliphatic heterocycles. The molecule has 0 bridgehead atoms. The van der Waals surface area contributed by atoms with Crippen LogP contribution >= 0.6 is 11.6 Å². The average molecular weight is 222 g/mol. The number of hydrogen-bond acceptors (Lipinski definition) is 3. The van der Waals surface area contributed by atoms with E-state index in [4.69, 9.17) is 11.6 Å². The molecular formula is C9H16ClNO3. The summed E-state index contributed by atoms with van der Waals surface area (Å²) in [5.74, 6) is -0.153.